The third kappa shape index (κ3) is 4.11. The summed E-state index contributed by atoms with van der Waals surface area (Å²) in [5.41, 5.74) is 6.34. The molecular weight excluding hydrogens is 250 g/mol. The first-order valence-electron chi connectivity index (χ1n) is 5.87. The molecule has 0 aliphatic rings. The Labute approximate surface area is 111 Å². The van der Waals surface area contributed by atoms with E-state index in [0.717, 1.165) is 0 Å². The standard InChI is InChI=1S/C13H19NO5/c1-18-10-5-3-8(7-11(10)19-2)13(17)9(14)4-6-12(15)16/h3,5,7,9,13,17H,4,6,14H2,1-2H3,(H,15,16). The van der Waals surface area contributed by atoms with Gasteiger partial charge >= 0.3 is 5.97 Å². The molecule has 6 heteroatoms. The Hall–Kier alpha value is -1.79. The number of ether oxygens (including phenoxy) is 2. The lowest BCUT2D eigenvalue weighted by atomic mass is 9.99. The van der Waals surface area contributed by atoms with Crippen molar-refractivity contribution in [3.05, 3.63) is 23.8 Å². The summed E-state index contributed by atoms with van der Waals surface area (Å²) in [5.74, 6) is 0.108. The Kier molecular flexibility index (Phi) is 5.59. The van der Waals surface area contributed by atoms with E-state index >= 15 is 0 Å². The van der Waals surface area contributed by atoms with Gasteiger partial charge in [0.05, 0.1) is 20.3 Å². The van der Waals surface area contributed by atoms with Gasteiger partial charge in [0, 0.05) is 12.5 Å². The Bertz CT molecular complexity index is 435. The van der Waals surface area contributed by atoms with Crippen molar-refractivity contribution in [3.8, 4) is 11.5 Å². The first-order chi connectivity index (χ1) is 8.99. The normalized spacial score (nSPS) is 13.7. The Morgan fingerprint density at radius 3 is 2.47 bits per heavy atom. The Morgan fingerprint density at radius 1 is 1.32 bits per heavy atom. The third-order valence-electron chi connectivity index (χ3n) is 2.85. The monoisotopic (exact) mass is 269 g/mol. The highest BCUT2D eigenvalue weighted by atomic mass is 16.5. The van der Waals surface area contributed by atoms with Gasteiger partial charge in [0.1, 0.15) is 0 Å². The maximum Gasteiger partial charge on any atom is 0.303 e. The van der Waals surface area contributed by atoms with E-state index in [0.29, 0.717) is 17.1 Å². The molecule has 6 nitrogen and oxygen atoms in total. The predicted molar refractivity (Wildman–Crippen MR) is 69.4 cm³/mol. The maximum absolute atomic E-state index is 10.5. The lowest BCUT2D eigenvalue weighted by molar-refractivity contribution is -0.137. The summed E-state index contributed by atoms with van der Waals surface area (Å²) in [5, 5.41) is 18.7. The van der Waals surface area contributed by atoms with Crippen molar-refractivity contribution in [2.45, 2.75) is 25.0 Å². The Morgan fingerprint density at radius 2 is 1.95 bits per heavy atom. The Balaban J connectivity index is 2.81. The number of hydrogen-bond donors (Lipinski definition) is 3. The molecule has 0 radical (unpaired) electrons. The zero-order valence-electron chi connectivity index (χ0n) is 11.0. The summed E-state index contributed by atoms with van der Waals surface area (Å²) in [6.45, 7) is 0. The van der Waals surface area contributed by atoms with Gasteiger partial charge in [-0.1, -0.05) is 6.07 Å². The van der Waals surface area contributed by atoms with Crippen LogP contribution in [0.4, 0.5) is 0 Å². The van der Waals surface area contributed by atoms with Gasteiger partial charge in [0.2, 0.25) is 0 Å². The minimum absolute atomic E-state index is 0.0779. The van der Waals surface area contributed by atoms with Crippen LogP contribution in [0, 0.1) is 0 Å². The molecular formula is C13H19NO5. The lowest BCUT2D eigenvalue weighted by Gasteiger charge is -2.19. The summed E-state index contributed by atoms with van der Waals surface area (Å²) in [4.78, 5) is 10.5. The van der Waals surface area contributed by atoms with Crippen LogP contribution in [0.2, 0.25) is 0 Å². The number of aliphatic hydroxyl groups is 1. The third-order valence-corrected chi connectivity index (χ3v) is 2.85. The number of aliphatic carboxylic acids is 1. The minimum atomic E-state index is -0.945. The van der Waals surface area contributed by atoms with E-state index in [4.69, 9.17) is 20.3 Å². The van der Waals surface area contributed by atoms with Crippen LogP contribution >= 0.6 is 0 Å². The molecule has 0 saturated heterocycles. The molecule has 19 heavy (non-hydrogen) atoms. The molecule has 0 amide bonds. The molecule has 2 unspecified atom stereocenters. The summed E-state index contributed by atoms with van der Waals surface area (Å²) in [6.07, 6.45) is -0.824. The first-order valence-corrected chi connectivity index (χ1v) is 5.87. The number of rotatable bonds is 7. The fourth-order valence-electron chi connectivity index (χ4n) is 1.73. The highest BCUT2D eigenvalue weighted by Crippen LogP contribution is 2.31. The van der Waals surface area contributed by atoms with Gasteiger partial charge in [-0.3, -0.25) is 4.79 Å². The molecule has 0 aromatic heterocycles. The fraction of sp³-hybridized carbons (Fsp3) is 0.462. The average molecular weight is 269 g/mol. The van der Waals surface area contributed by atoms with Crippen LogP contribution in [0.3, 0.4) is 0 Å². The predicted octanol–water partition coefficient (Wildman–Crippen LogP) is 0.929. The molecule has 0 fully saturated rings. The van der Waals surface area contributed by atoms with Crippen molar-refractivity contribution < 1.29 is 24.5 Å². The SMILES string of the molecule is COc1ccc(C(O)C(N)CCC(=O)O)cc1OC. The minimum Gasteiger partial charge on any atom is -0.493 e. The summed E-state index contributed by atoms with van der Waals surface area (Å²) in [7, 11) is 3.02. The van der Waals surface area contributed by atoms with E-state index in [1.807, 2.05) is 0 Å². The number of nitrogens with two attached hydrogens (primary N) is 1. The van der Waals surface area contributed by atoms with E-state index in [-0.39, 0.29) is 12.8 Å². The average Bonchev–Trinajstić information content (AvgIpc) is 2.42. The van der Waals surface area contributed by atoms with E-state index in [9.17, 15) is 9.90 Å². The van der Waals surface area contributed by atoms with E-state index in [1.54, 1.807) is 18.2 Å². The van der Waals surface area contributed by atoms with Crippen LogP contribution in [-0.2, 0) is 4.79 Å². The molecule has 1 rings (SSSR count). The second-order valence-corrected chi connectivity index (χ2v) is 4.16. The molecule has 106 valence electrons. The van der Waals surface area contributed by atoms with Crippen LogP contribution in [0.5, 0.6) is 11.5 Å². The van der Waals surface area contributed by atoms with Crippen molar-refractivity contribution in [2.75, 3.05) is 14.2 Å². The summed E-state index contributed by atoms with van der Waals surface area (Å²) in [6, 6.07) is 4.33. The molecule has 0 bridgehead atoms. The molecule has 1 aromatic carbocycles. The fourth-order valence-corrected chi connectivity index (χ4v) is 1.73. The zero-order valence-corrected chi connectivity index (χ0v) is 11.0. The van der Waals surface area contributed by atoms with Crippen molar-refractivity contribution >= 4 is 5.97 Å². The highest BCUT2D eigenvalue weighted by Gasteiger charge is 2.19. The second-order valence-electron chi connectivity index (χ2n) is 4.16. The van der Waals surface area contributed by atoms with Crippen molar-refractivity contribution in [3.63, 3.8) is 0 Å². The van der Waals surface area contributed by atoms with Crippen molar-refractivity contribution in [1.82, 2.24) is 0 Å². The first kappa shape index (κ1) is 15.3. The molecule has 0 heterocycles. The van der Waals surface area contributed by atoms with Gasteiger partial charge in [-0.25, -0.2) is 0 Å². The van der Waals surface area contributed by atoms with E-state index in [1.165, 1.54) is 14.2 Å². The van der Waals surface area contributed by atoms with Crippen LogP contribution in [0.15, 0.2) is 18.2 Å². The number of carboxylic acid groups (broad SMARTS) is 1. The van der Waals surface area contributed by atoms with Gasteiger partial charge in [0.15, 0.2) is 11.5 Å². The smallest absolute Gasteiger partial charge is 0.303 e. The van der Waals surface area contributed by atoms with E-state index in [2.05, 4.69) is 0 Å². The summed E-state index contributed by atoms with van der Waals surface area (Å²) >= 11 is 0. The van der Waals surface area contributed by atoms with Gasteiger partial charge in [0.25, 0.3) is 0 Å². The topological polar surface area (TPSA) is 102 Å². The molecule has 4 N–H and O–H groups in total. The molecule has 0 spiro atoms. The van der Waals surface area contributed by atoms with Gasteiger partial charge in [-0.05, 0) is 24.1 Å². The quantitative estimate of drug-likeness (QED) is 0.680. The molecule has 0 aliphatic heterocycles. The number of aliphatic hydroxyl groups excluding tert-OH is 1. The van der Waals surface area contributed by atoms with Gasteiger partial charge in [-0.2, -0.15) is 0 Å². The van der Waals surface area contributed by atoms with Crippen LogP contribution in [0.1, 0.15) is 24.5 Å². The second kappa shape index (κ2) is 6.96. The number of carboxylic acids is 1. The number of hydrogen-bond acceptors (Lipinski definition) is 5. The molecule has 0 saturated carbocycles. The van der Waals surface area contributed by atoms with Crippen molar-refractivity contribution in [2.24, 2.45) is 5.73 Å². The maximum atomic E-state index is 10.5. The van der Waals surface area contributed by atoms with Crippen LogP contribution in [-0.4, -0.2) is 36.4 Å². The van der Waals surface area contributed by atoms with Crippen LogP contribution in [0.25, 0.3) is 0 Å². The largest absolute Gasteiger partial charge is 0.493 e. The zero-order chi connectivity index (χ0) is 14.4. The highest BCUT2D eigenvalue weighted by molar-refractivity contribution is 5.66. The van der Waals surface area contributed by atoms with Crippen molar-refractivity contribution in [1.29, 1.82) is 0 Å². The molecule has 1 aromatic rings. The van der Waals surface area contributed by atoms with Crippen LogP contribution < -0.4 is 15.2 Å². The van der Waals surface area contributed by atoms with Gasteiger partial charge < -0.3 is 25.4 Å². The number of carbonyl (C=O) groups is 1. The number of methoxy groups -OCH3 is 2. The summed E-state index contributed by atoms with van der Waals surface area (Å²) < 4.78 is 10.2. The van der Waals surface area contributed by atoms with E-state index < -0.39 is 18.1 Å². The number of benzene rings is 1. The lowest BCUT2D eigenvalue weighted by Crippen LogP contribution is -2.29. The molecule has 0 aliphatic carbocycles. The van der Waals surface area contributed by atoms with Gasteiger partial charge in [-0.15, -0.1) is 0 Å². The molecule has 2 atom stereocenters.